The minimum atomic E-state index is -0.832. The van der Waals surface area contributed by atoms with Gasteiger partial charge in [0.2, 0.25) is 0 Å². The highest BCUT2D eigenvalue weighted by Crippen LogP contribution is 2.31. The first-order valence-corrected chi connectivity index (χ1v) is 9.98. The number of nitrogens with zero attached hydrogens (tertiary/aromatic N) is 3. The first-order valence-electron chi connectivity index (χ1n) is 9.98. The highest BCUT2D eigenvalue weighted by atomic mass is 19.1. The largest absolute Gasteiger partial charge is 0.398 e. The fourth-order valence-electron chi connectivity index (χ4n) is 3.60. The molecule has 0 amide bonds. The number of halogens is 2. The number of benzene rings is 3. The Balaban J connectivity index is 2.03. The average Bonchev–Trinajstić information content (AvgIpc) is 2.83. The SMILES string of the molecule is Cn1c(-c2ccc(C#N)cc2)cc(=O)nc1C(=C(N)c1ccccc1)c1ccc(F)cc1F. The molecule has 0 saturated heterocycles. The Kier molecular flexibility index (Phi) is 5.83. The second kappa shape index (κ2) is 8.89. The van der Waals surface area contributed by atoms with Gasteiger partial charge in [-0.3, -0.25) is 4.79 Å². The van der Waals surface area contributed by atoms with Crippen molar-refractivity contribution in [2.24, 2.45) is 12.8 Å². The second-order valence-corrected chi connectivity index (χ2v) is 7.33. The third kappa shape index (κ3) is 4.27. The van der Waals surface area contributed by atoms with Crippen molar-refractivity contribution < 1.29 is 8.78 Å². The molecule has 0 bridgehead atoms. The number of rotatable bonds is 4. The van der Waals surface area contributed by atoms with Crippen LogP contribution in [0.4, 0.5) is 8.78 Å². The van der Waals surface area contributed by atoms with Crippen molar-refractivity contribution in [1.82, 2.24) is 9.55 Å². The zero-order chi connectivity index (χ0) is 23.5. The normalized spacial score (nSPS) is 11.6. The molecule has 0 unspecified atom stereocenters. The molecular weight excluding hydrogens is 422 g/mol. The van der Waals surface area contributed by atoms with E-state index in [0.717, 1.165) is 12.1 Å². The Morgan fingerprint density at radius 2 is 1.70 bits per heavy atom. The van der Waals surface area contributed by atoms with Crippen LogP contribution in [0, 0.1) is 23.0 Å². The molecule has 0 saturated carbocycles. The smallest absolute Gasteiger partial charge is 0.273 e. The number of nitrogens with two attached hydrogens (primary N) is 1. The molecule has 5 nitrogen and oxygen atoms in total. The van der Waals surface area contributed by atoms with Crippen molar-refractivity contribution in [3.63, 3.8) is 0 Å². The monoisotopic (exact) mass is 440 g/mol. The fraction of sp³-hybridized carbons (Fsp3) is 0.0385. The van der Waals surface area contributed by atoms with Gasteiger partial charge in [-0.25, -0.2) is 8.78 Å². The average molecular weight is 440 g/mol. The van der Waals surface area contributed by atoms with E-state index in [0.29, 0.717) is 22.4 Å². The van der Waals surface area contributed by atoms with Gasteiger partial charge in [0.1, 0.15) is 17.5 Å². The minimum absolute atomic E-state index is 0.0113. The summed E-state index contributed by atoms with van der Waals surface area (Å²) in [6.45, 7) is 0. The summed E-state index contributed by atoms with van der Waals surface area (Å²) in [4.78, 5) is 16.7. The lowest BCUT2D eigenvalue weighted by Crippen LogP contribution is -2.19. The highest BCUT2D eigenvalue weighted by molar-refractivity contribution is 5.96. The van der Waals surface area contributed by atoms with Gasteiger partial charge in [-0.05, 0) is 35.4 Å². The quantitative estimate of drug-likeness (QED) is 0.475. The third-order valence-electron chi connectivity index (χ3n) is 5.24. The molecule has 0 atom stereocenters. The molecule has 0 radical (unpaired) electrons. The molecule has 162 valence electrons. The Labute approximate surface area is 188 Å². The summed E-state index contributed by atoms with van der Waals surface area (Å²) in [5.74, 6) is -1.45. The maximum absolute atomic E-state index is 14.9. The van der Waals surface area contributed by atoms with Gasteiger partial charge in [0.15, 0.2) is 0 Å². The summed E-state index contributed by atoms with van der Waals surface area (Å²) in [6.07, 6.45) is 0. The van der Waals surface area contributed by atoms with Crippen LogP contribution in [0.5, 0.6) is 0 Å². The van der Waals surface area contributed by atoms with Crippen LogP contribution in [0.25, 0.3) is 22.5 Å². The third-order valence-corrected chi connectivity index (χ3v) is 5.24. The first kappa shape index (κ1) is 21.7. The Morgan fingerprint density at radius 1 is 1.00 bits per heavy atom. The summed E-state index contributed by atoms with van der Waals surface area (Å²) in [6, 6.07) is 22.1. The second-order valence-electron chi connectivity index (χ2n) is 7.33. The molecule has 7 heteroatoms. The molecule has 0 fully saturated rings. The number of aromatic nitrogens is 2. The van der Waals surface area contributed by atoms with Crippen LogP contribution in [0.3, 0.4) is 0 Å². The predicted octanol–water partition coefficient (Wildman–Crippen LogP) is 4.47. The maximum atomic E-state index is 14.9. The number of hydrogen-bond acceptors (Lipinski definition) is 4. The van der Waals surface area contributed by atoms with Crippen molar-refractivity contribution in [3.05, 3.63) is 123 Å². The Hall–Kier alpha value is -4.57. The van der Waals surface area contributed by atoms with Crippen LogP contribution in [-0.4, -0.2) is 9.55 Å². The Morgan fingerprint density at radius 3 is 2.33 bits per heavy atom. The van der Waals surface area contributed by atoms with Gasteiger partial charge < -0.3 is 10.3 Å². The van der Waals surface area contributed by atoms with Crippen molar-refractivity contribution in [1.29, 1.82) is 5.26 Å². The predicted molar refractivity (Wildman–Crippen MR) is 123 cm³/mol. The standard InChI is InChI=1S/C26H18F2N4O/c1-32-22(17-9-7-16(15-29)8-10-17)14-23(33)31-26(32)24(20-12-11-19(27)13-21(20)28)25(30)18-5-3-2-4-6-18/h2-14H,30H2,1H3. The summed E-state index contributed by atoms with van der Waals surface area (Å²) in [7, 11) is 1.68. The number of nitriles is 1. The molecular formula is C26H18F2N4O. The molecule has 0 aliphatic heterocycles. The molecule has 2 N–H and O–H groups in total. The van der Waals surface area contributed by atoms with E-state index in [1.165, 1.54) is 12.1 Å². The topological polar surface area (TPSA) is 84.7 Å². The summed E-state index contributed by atoms with van der Waals surface area (Å²) in [5.41, 5.74) is 8.51. The van der Waals surface area contributed by atoms with E-state index in [9.17, 15) is 13.6 Å². The molecule has 1 heterocycles. The molecule has 33 heavy (non-hydrogen) atoms. The van der Waals surface area contributed by atoms with E-state index >= 15 is 0 Å². The molecule has 4 rings (SSSR count). The van der Waals surface area contributed by atoms with E-state index in [2.05, 4.69) is 4.98 Å². The summed E-state index contributed by atoms with van der Waals surface area (Å²) < 4.78 is 30.2. The minimum Gasteiger partial charge on any atom is -0.398 e. The zero-order valence-corrected chi connectivity index (χ0v) is 17.6. The van der Waals surface area contributed by atoms with Crippen LogP contribution in [0.15, 0.2) is 83.7 Å². The van der Waals surface area contributed by atoms with Crippen LogP contribution < -0.4 is 11.3 Å². The van der Waals surface area contributed by atoms with E-state index in [1.54, 1.807) is 60.1 Å². The molecule has 0 aliphatic carbocycles. The molecule has 0 spiro atoms. The van der Waals surface area contributed by atoms with Gasteiger partial charge in [0.25, 0.3) is 5.56 Å². The van der Waals surface area contributed by atoms with Gasteiger partial charge in [-0.15, -0.1) is 0 Å². The van der Waals surface area contributed by atoms with Gasteiger partial charge in [-0.2, -0.15) is 10.2 Å². The maximum Gasteiger partial charge on any atom is 0.273 e. The number of hydrogen-bond donors (Lipinski definition) is 1. The van der Waals surface area contributed by atoms with Crippen molar-refractivity contribution in [2.75, 3.05) is 0 Å². The molecule has 4 aromatic rings. The molecule has 0 aliphatic rings. The fourth-order valence-corrected chi connectivity index (χ4v) is 3.60. The van der Waals surface area contributed by atoms with Crippen LogP contribution >= 0.6 is 0 Å². The first-order chi connectivity index (χ1) is 15.9. The Bertz CT molecular complexity index is 1470. The molecule has 1 aromatic heterocycles. The van der Waals surface area contributed by atoms with Crippen molar-refractivity contribution >= 4 is 11.3 Å². The van der Waals surface area contributed by atoms with Gasteiger partial charge in [0.05, 0.1) is 28.6 Å². The van der Waals surface area contributed by atoms with E-state index in [-0.39, 0.29) is 22.7 Å². The van der Waals surface area contributed by atoms with Crippen molar-refractivity contribution in [2.45, 2.75) is 0 Å². The summed E-state index contributed by atoms with van der Waals surface area (Å²) >= 11 is 0. The van der Waals surface area contributed by atoms with Gasteiger partial charge in [-0.1, -0.05) is 42.5 Å². The van der Waals surface area contributed by atoms with Crippen LogP contribution in [0.1, 0.15) is 22.5 Å². The van der Waals surface area contributed by atoms with Crippen molar-refractivity contribution in [3.8, 4) is 17.3 Å². The van der Waals surface area contributed by atoms with Gasteiger partial charge in [0, 0.05) is 24.7 Å². The van der Waals surface area contributed by atoms with Crippen LogP contribution in [0.2, 0.25) is 0 Å². The van der Waals surface area contributed by atoms with E-state index in [4.69, 9.17) is 11.0 Å². The zero-order valence-electron chi connectivity index (χ0n) is 17.6. The lowest BCUT2D eigenvalue weighted by molar-refractivity contribution is 0.580. The highest BCUT2D eigenvalue weighted by Gasteiger charge is 2.21. The van der Waals surface area contributed by atoms with Gasteiger partial charge >= 0.3 is 0 Å². The lowest BCUT2D eigenvalue weighted by atomic mass is 9.97. The van der Waals surface area contributed by atoms with Crippen LogP contribution in [-0.2, 0) is 7.05 Å². The van der Waals surface area contributed by atoms with E-state index in [1.807, 2.05) is 12.1 Å². The van der Waals surface area contributed by atoms with E-state index < -0.39 is 17.2 Å². The summed E-state index contributed by atoms with van der Waals surface area (Å²) in [5, 5.41) is 9.06. The lowest BCUT2D eigenvalue weighted by Gasteiger charge is -2.19. The molecule has 3 aromatic carbocycles.